The maximum atomic E-state index is 13.6. The standard InChI is InChI=1S/C13H10F2O7S3/c14-11-2-1-3-12(15)13(11)24(18,19)8-23(16,17)9-4-6-10(7-5-9)25(20,21)22/h1-7H,8H2,(H,20,21,22). The second kappa shape index (κ2) is 6.44. The van der Waals surface area contributed by atoms with Crippen molar-refractivity contribution in [3.63, 3.8) is 0 Å². The molecule has 0 atom stereocenters. The molecule has 2 rings (SSSR count). The number of hydrogen-bond donors (Lipinski definition) is 1. The summed E-state index contributed by atoms with van der Waals surface area (Å²) in [5, 5.41) is -1.62. The lowest BCUT2D eigenvalue weighted by Crippen LogP contribution is -2.19. The molecule has 136 valence electrons. The SMILES string of the molecule is O=S(=O)(O)c1ccc(S(=O)(=O)CS(=O)(=O)c2c(F)cccc2F)cc1. The molecule has 7 nitrogen and oxygen atoms in total. The third kappa shape index (κ3) is 4.21. The van der Waals surface area contributed by atoms with E-state index in [1.807, 2.05) is 0 Å². The summed E-state index contributed by atoms with van der Waals surface area (Å²) in [5.41, 5.74) is 0. The minimum absolute atomic E-state index is 0.597. The number of hydrogen-bond acceptors (Lipinski definition) is 6. The maximum absolute atomic E-state index is 13.6. The van der Waals surface area contributed by atoms with E-state index in [1.165, 1.54) is 0 Å². The van der Waals surface area contributed by atoms with E-state index in [0.717, 1.165) is 30.3 Å². The van der Waals surface area contributed by atoms with Crippen LogP contribution in [0.3, 0.4) is 0 Å². The number of halogens is 2. The second-order valence-corrected chi connectivity index (χ2v) is 10.5. The Morgan fingerprint density at radius 2 is 1.16 bits per heavy atom. The Labute approximate surface area is 142 Å². The smallest absolute Gasteiger partial charge is 0.282 e. The highest BCUT2D eigenvalue weighted by atomic mass is 32.3. The van der Waals surface area contributed by atoms with Crippen molar-refractivity contribution in [2.45, 2.75) is 14.7 Å². The Morgan fingerprint density at radius 3 is 1.60 bits per heavy atom. The van der Waals surface area contributed by atoms with Crippen molar-refractivity contribution in [2.24, 2.45) is 0 Å². The van der Waals surface area contributed by atoms with Crippen LogP contribution in [0.5, 0.6) is 0 Å². The molecule has 1 N–H and O–H groups in total. The average Bonchev–Trinajstić information content (AvgIpc) is 2.45. The first-order valence-corrected chi connectivity index (χ1v) is 11.1. The lowest BCUT2D eigenvalue weighted by Gasteiger charge is -2.08. The van der Waals surface area contributed by atoms with Crippen LogP contribution in [0, 0.1) is 11.6 Å². The van der Waals surface area contributed by atoms with Gasteiger partial charge in [-0.05, 0) is 36.4 Å². The molecule has 0 amide bonds. The summed E-state index contributed by atoms with van der Waals surface area (Å²) < 4.78 is 106. The van der Waals surface area contributed by atoms with Gasteiger partial charge in [-0.25, -0.2) is 25.6 Å². The highest BCUT2D eigenvalue weighted by molar-refractivity contribution is 8.08. The van der Waals surface area contributed by atoms with Crippen molar-refractivity contribution < 1.29 is 38.6 Å². The van der Waals surface area contributed by atoms with Gasteiger partial charge < -0.3 is 0 Å². The van der Waals surface area contributed by atoms with Gasteiger partial charge in [0.05, 0.1) is 9.79 Å². The molecule has 0 saturated carbocycles. The first-order valence-electron chi connectivity index (χ1n) is 6.32. The summed E-state index contributed by atoms with van der Waals surface area (Å²) in [6, 6.07) is 5.27. The molecule has 2 aromatic carbocycles. The quantitative estimate of drug-likeness (QED) is 0.737. The topological polar surface area (TPSA) is 123 Å². The zero-order chi connectivity index (χ0) is 19.0. The van der Waals surface area contributed by atoms with Gasteiger partial charge in [0.15, 0.2) is 24.8 Å². The molecule has 0 bridgehead atoms. The van der Waals surface area contributed by atoms with Crippen LogP contribution < -0.4 is 0 Å². The first-order chi connectivity index (χ1) is 11.3. The molecule has 25 heavy (non-hydrogen) atoms. The Kier molecular flexibility index (Phi) is 5.01. The summed E-state index contributed by atoms with van der Waals surface area (Å²) in [6.45, 7) is 0. The van der Waals surface area contributed by atoms with E-state index in [1.54, 1.807) is 0 Å². The van der Waals surface area contributed by atoms with Crippen LogP contribution >= 0.6 is 0 Å². The van der Waals surface area contributed by atoms with Gasteiger partial charge in [-0.15, -0.1) is 0 Å². The van der Waals surface area contributed by atoms with E-state index in [9.17, 15) is 34.0 Å². The van der Waals surface area contributed by atoms with Gasteiger partial charge in [0.1, 0.15) is 16.5 Å². The first kappa shape index (κ1) is 19.4. The van der Waals surface area contributed by atoms with Crippen LogP contribution in [0.4, 0.5) is 8.78 Å². The van der Waals surface area contributed by atoms with Gasteiger partial charge in [0, 0.05) is 0 Å². The van der Waals surface area contributed by atoms with Gasteiger partial charge in [0.2, 0.25) is 0 Å². The molecule has 0 unspecified atom stereocenters. The summed E-state index contributed by atoms with van der Waals surface area (Å²) in [7, 11) is -14.0. The second-order valence-electron chi connectivity index (χ2n) is 4.84. The minimum Gasteiger partial charge on any atom is -0.282 e. The van der Waals surface area contributed by atoms with Crippen LogP contribution in [-0.2, 0) is 29.8 Å². The number of benzene rings is 2. The zero-order valence-corrected chi connectivity index (χ0v) is 14.6. The lowest BCUT2D eigenvalue weighted by atomic mass is 10.3. The normalized spacial score (nSPS) is 12.9. The van der Waals surface area contributed by atoms with E-state index in [4.69, 9.17) is 4.55 Å². The lowest BCUT2D eigenvalue weighted by molar-refractivity contribution is 0.483. The number of rotatable bonds is 5. The monoisotopic (exact) mass is 412 g/mol. The van der Waals surface area contributed by atoms with E-state index in [2.05, 4.69) is 0 Å². The molecule has 0 heterocycles. The van der Waals surface area contributed by atoms with E-state index in [0.29, 0.717) is 12.1 Å². The summed E-state index contributed by atoms with van der Waals surface area (Å²) in [5.74, 6) is -2.87. The highest BCUT2D eigenvalue weighted by Crippen LogP contribution is 2.24. The van der Waals surface area contributed by atoms with E-state index < -0.39 is 61.2 Å². The third-order valence-electron chi connectivity index (χ3n) is 3.02. The molecule has 0 saturated heterocycles. The van der Waals surface area contributed by atoms with Gasteiger partial charge in [-0.1, -0.05) is 6.07 Å². The fraction of sp³-hybridized carbons (Fsp3) is 0.0769. The van der Waals surface area contributed by atoms with Crippen LogP contribution in [0.25, 0.3) is 0 Å². The Hall–Kier alpha value is -1.89. The Bertz CT molecular complexity index is 1100. The van der Waals surface area contributed by atoms with Gasteiger partial charge >= 0.3 is 0 Å². The molecule has 0 fully saturated rings. The molecule has 0 aromatic heterocycles. The van der Waals surface area contributed by atoms with Crippen molar-refractivity contribution in [3.8, 4) is 0 Å². The molecular weight excluding hydrogens is 402 g/mol. The number of sulfone groups is 2. The Balaban J connectivity index is 2.45. The van der Waals surface area contributed by atoms with Crippen LogP contribution in [-0.4, -0.2) is 34.9 Å². The molecular formula is C13H10F2O7S3. The van der Waals surface area contributed by atoms with Crippen LogP contribution in [0.2, 0.25) is 0 Å². The van der Waals surface area contributed by atoms with Crippen molar-refractivity contribution in [1.82, 2.24) is 0 Å². The fourth-order valence-electron chi connectivity index (χ4n) is 1.93. The molecule has 0 aliphatic rings. The van der Waals surface area contributed by atoms with Crippen molar-refractivity contribution in [1.29, 1.82) is 0 Å². The highest BCUT2D eigenvalue weighted by Gasteiger charge is 2.31. The molecule has 0 aliphatic heterocycles. The molecule has 0 spiro atoms. The summed E-state index contributed by atoms with van der Waals surface area (Å²) >= 11 is 0. The molecule has 12 heteroatoms. The average molecular weight is 412 g/mol. The van der Waals surface area contributed by atoms with Crippen molar-refractivity contribution in [3.05, 3.63) is 54.1 Å². The van der Waals surface area contributed by atoms with Crippen LogP contribution in [0.15, 0.2) is 57.2 Å². The predicted octanol–water partition coefficient (Wildman–Crippen LogP) is 1.42. The van der Waals surface area contributed by atoms with Crippen molar-refractivity contribution in [2.75, 3.05) is 5.08 Å². The minimum atomic E-state index is -4.87. The molecule has 0 radical (unpaired) electrons. The van der Waals surface area contributed by atoms with Gasteiger partial charge in [-0.3, -0.25) is 4.55 Å². The van der Waals surface area contributed by atoms with Gasteiger partial charge in [-0.2, -0.15) is 8.42 Å². The molecule has 2 aromatic rings. The summed E-state index contributed by atoms with van der Waals surface area (Å²) in [6.07, 6.45) is 0. The van der Waals surface area contributed by atoms with Crippen molar-refractivity contribution >= 4 is 29.8 Å². The third-order valence-corrected chi connectivity index (χ3v) is 8.37. The maximum Gasteiger partial charge on any atom is 0.294 e. The van der Waals surface area contributed by atoms with E-state index in [-0.39, 0.29) is 0 Å². The fourth-order valence-corrected chi connectivity index (χ4v) is 6.34. The predicted molar refractivity (Wildman–Crippen MR) is 81.9 cm³/mol. The Morgan fingerprint density at radius 1 is 0.720 bits per heavy atom. The van der Waals surface area contributed by atoms with Crippen LogP contribution in [0.1, 0.15) is 0 Å². The molecule has 0 aliphatic carbocycles. The largest absolute Gasteiger partial charge is 0.294 e. The van der Waals surface area contributed by atoms with E-state index >= 15 is 0 Å². The summed E-state index contributed by atoms with van der Waals surface area (Å²) in [4.78, 5) is -2.57. The zero-order valence-electron chi connectivity index (χ0n) is 12.1. The van der Waals surface area contributed by atoms with Gasteiger partial charge in [0.25, 0.3) is 10.1 Å².